The standard InChI is InChI=1S/C13H28N2O/c1-4-8-15(10-9-14(2)3)12-6-5-7-13(16)11-12/h12-13,16H,4-11H2,1-3H3. The van der Waals surface area contributed by atoms with Gasteiger partial charge in [0.05, 0.1) is 6.10 Å². The minimum Gasteiger partial charge on any atom is -0.393 e. The topological polar surface area (TPSA) is 26.7 Å². The van der Waals surface area contributed by atoms with Gasteiger partial charge in [0.2, 0.25) is 0 Å². The summed E-state index contributed by atoms with van der Waals surface area (Å²) in [5, 5.41) is 9.74. The second kappa shape index (κ2) is 7.25. The first-order valence-corrected chi connectivity index (χ1v) is 6.70. The number of aliphatic hydroxyl groups is 1. The molecule has 0 aliphatic heterocycles. The maximum Gasteiger partial charge on any atom is 0.0555 e. The fraction of sp³-hybridized carbons (Fsp3) is 1.00. The Hall–Kier alpha value is -0.120. The van der Waals surface area contributed by atoms with Crippen molar-refractivity contribution < 1.29 is 5.11 Å². The van der Waals surface area contributed by atoms with Gasteiger partial charge in [-0.1, -0.05) is 6.92 Å². The minimum atomic E-state index is -0.0579. The molecule has 0 aromatic heterocycles. The van der Waals surface area contributed by atoms with Crippen LogP contribution < -0.4 is 0 Å². The van der Waals surface area contributed by atoms with Gasteiger partial charge >= 0.3 is 0 Å². The molecule has 2 atom stereocenters. The monoisotopic (exact) mass is 228 g/mol. The van der Waals surface area contributed by atoms with Crippen LogP contribution in [0.25, 0.3) is 0 Å². The van der Waals surface area contributed by atoms with Crippen LogP contribution in [0, 0.1) is 0 Å². The average Bonchev–Trinajstić information content (AvgIpc) is 2.24. The zero-order valence-corrected chi connectivity index (χ0v) is 11.2. The van der Waals surface area contributed by atoms with E-state index in [-0.39, 0.29) is 6.10 Å². The zero-order chi connectivity index (χ0) is 12.0. The molecule has 1 rings (SSSR count). The van der Waals surface area contributed by atoms with Gasteiger partial charge in [-0.05, 0) is 52.7 Å². The predicted molar refractivity (Wildman–Crippen MR) is 68.7 cm³/mol. The molecule has 1 aliphatic carbocycles. The first-order chi connectivity index (χ1) is 7.63. The van der Waals surface area contributed by atoms with Crippen molar-refractivity contribution in [2.45, 2.75) is 51.2 Å². The molecule has 0 aromatic rings. The third kappa shape index (κ3) is 4.81. The molecule has 2 unspecified atom stereocenters. The highest BCUT2D eigenvalue weighted by atomic mass is 16.3. The van der Waals surface area contributed by atoms with Gasteiger partial charge in [-0.3, -0.25) is 4.90 Å². The fourth-order valence-electron chi connectivity index (χ4n) is 2.56. The highest BCUT2D eigenvalue weighted by Gasteiger charge is 2.24. The quantitative estimate of drug-likeness (QED) is 0.747. The normalized spacial score (nSPS) is 26.6. The summed E-state index contributed by atoms with van der Waals surface area (Å²) in [6.45, 7) is 5.66. The molecule has 0 radical (unpaired) electrons. The van der Waals surface area contributed by atoms with Crippen LogP contribution >= 0.6 is 0 Å². The van der Waals surface area contributed by atoms with E-state index in [1.807, 2.05) is 0 Å². The number of hydrogen-bond acceptors (Lipinski definition) is 3. The Morgan fingerprint density at radius 3 is 2.44 bits per heavy atom. The van der Waals surface area contributed by atoms with E-state index in [2.05, 4.69) is 30.8 Å². The molecule has 3 nitrogen and oxygen atoms in total. The SMILES string of the molecule is CCCN(CCN(C)C)C1CCCC(O)C1. The lowest BCUT2D eigenvalue weighted by Gasteiger charge is -2.36. The lowest BCUT2D eigenvalue weighted by atomic mass is 9.91. The van der Waals surface area contributed by atoms with E-state index in [9.17, 15) is 5.11 Å². The lowest BCUT2D eigenvalue weighted by molar-refractivity contribution is 0.0588. The summed E-state index contributed by atoms with van der Waals surface area (Å²) in [5.74, 6) is 0. The summed E-state index contributed by atoms with van der Waals surface area (Å²) < 4.78 is 0. The third-order valence-electron chi connectivity index (χ3n) is 3.48. The summed E-state index contributed by atoms with van der Waals surface area (Å²) in [6, 6.07) is 0.614. The number of likely N-dealkylation sites (N-methyl/N-ethyl adjacent to an activating group) is 1. The molecule has 16 heavy (non-hydrogen) atoms. The molecule has 96 valence electrons. The summed E-state index contributed by atoms with van der Waals surface area (Å²) in [7, 11) is 4.25. The van der Waals surface area contributed by atoms with Crippen LogP contribution in [0.1, 0.15) is 39.0 Å². The Bertz CT molecular complexity index is 185. The second-order valence-electron chi connectivity index (χ2n) is 5.31. The largest absolute Gasteiger partial charge is 0.393 e. The van der Waals surface area contributed by atoms with Crippen molar-refractivity contribution in [3.05, 3.63) is 0 Å². The minimum absolute atomic E-state index is 0.0579. The van der Waals surface area contributed by atoms with Crippen LogP contribution in [-0.2, 0) is 0 Å². The fourth-order valence-corrected chi connectivity index (χ4v) is 2.56. The van der Waals surface area contributed by atoms with Crippen LogP contribution in [0.2, 0.25) is 0 Å². The highest BCUT2D eigenvalue weighted by molar-refractivity contribution is 4.80. The van der Waals surface area contributed by atoms with Crippen LogP contribution in [0.4, 0.5) is 0 Å². The van der Waals surface area contributed by atoms with E-state index in [0.717, 1.165) is 25.9 Å². The Morgan fingerprint density at radius 2 is 1.88 bits per heavy atom. The molecule has 3 heteroatoms. The van der Waals surface area contributed by atoms with E-state index in [1.165, 1.54) is 25.8 Å². The van der Waals surface area contributed by atoms with Crippen molar-refractivity contribution in [3.63, 3.8) is 0 Å². The molecule has 0 aromatic carbocycles. The van der Waals surface area contributed by atoms with Crippen LogP contribution in [0.5, 0.6) is 0 Å². The molecule has 0 spiro atoms. The molecule has 0 bridgehead atoms. The number of nitrogens with zero attached hydrogens (tertiary/aromatic N) is 2. The van der Waals surface area contributed by atoms with Crippen LogP contribution in [-0.4, -0.2) is 60.8 Å². The molecule has 1 saturated carbocycles. The summed E-state index contributed by atoms with van der Waals surface area (Å²) in [6.07, 6.45) is 5.59. The number of hydrogen-bond donors (Lipinski definition) is 1. The van der Waals surface area contributed by atoms with E-state index in [0.29, 0.717) is 6.04 Å². The Balaban J connectivity index is 2.40. The lowest BCUT2D eigenvalue weighted by Crippen LogP contribution is -2.43. The number of rotatable bonds is 6. The molecule has 1 N–H and O–H groups in total. The highest BCUT2D eigenvalue weighted by Crippen LogP contribution is 2.23. The van der Waals surface area contributed by atoms with E-state index in [1.54, 1.807) is 0 Å². The van der Waals surface area contributed by atoms with Gasteiger partial charge in [-0.2, -0.15) is 0 Å². The maximum atomic E-state index is 9.74. The van der Waals surface area contributed by atoms with Gasteiger partial charge in [0.15, 0.2) is 0 Å². The Kier molecular flexibility index (Phi) is 6.32. The summed E-state index contributed by atoms with van der Waals surface area (Å²) >= 11 is 0. The Labute approximate surface area is 100 Å². The molecule has 1 aliphatic rings. The van der Waals surface area contributed by atoms with Crippen molar-refractivity contribution in [2.75, 3.05) is 33.7 Å². The van der Waals surface area contributed by atoms with E-state index in [4.69, 9.17) is 0 Å². The van der Waals surface area contributed by atoms with Crippen molar-refractivity contribution >= 4 is 0 Å². The molecule has 1 fully saturated rings. The third-order valence-corrected chi connectivity index (χ3v) is 3.48. The van der Waals surface area contributed by atoms with Gasteiger partial charge in [-0.15, -0.1) is 0 Å². The molecule has 0 amide bonds. The van der Waals surface area contributed by atoms with Crippen LogP contribution in [0.15, 0.2) is 0 Å². The predicted octanol–water partition coefficient (Wildman–Crippen LogP) is 1.56. The van der Waals surface area contributed by atoms with Gasteiger partial charge in [0.1, 0.15) is 0 Å². The zero-order valence-electron chi connectivity index (χ0n) is 11.2. The van der Waals surface area contributed by atoms with E-state index >= 15 is 0 Å². The van der Waals surface area contributed by atoms with Crippen LogP contribution in [0.3, 0.4) is 0 Å². The van der Waals surface area contributed by atoms with E-state index < -0.39 is 0 Å². The summed E-state index contributed by atoms with van der Waals surface area (Å²) in [5.41, 5.74) is 0. The molecule has 0 saturated heterocycles. The number of aliphatic hydroxyl groups excluding tert-OH is 1. The summed E-state index contributed by atoms with van der Waals surface area (Å²) in [4.78, 5) is 4.81. The van der Waals surface area contributed by atoms with Crippen molar-refractivity contribution in [1.82, 2.24) is 9.80 Å². The maximum absolute atomic E-state index is 9.74. The average molecular weight is 228 g/mol. The van der Waals surface area contributed by atoms with Crippen molar-refractivity contribution in [1.29, 1.82) is 0 Å². The van der Waals surface area contributed by atoms with Gasteiger partial charge in [-0.25, -0.2) is 0 Å². The first-order valence-electron chi connectivity index (χ1n) is 6.70. The molecular formula is C13H28N2O. The van der Waals surface area contributed by atoms with Crippen molar-refractivity contribution in [2.24, 2.45) is 0 Å². The Morgan fingerprint density at radius 1 is 1.12 bits per heavy atom. The van der Waals surface area contributed by atoms with Gasteiger partial charge in [0, 0.05) is 19.1 Å². The molecular weight excluding hydrogens is 200 g/mol. The second-order valence-corrected chi connectivity index (χ2v) is 5.31. The van der Waals surface area contributed by atoms with Gasteiger partial charge < -0.3 is 10.0 Å². The molecule has 0 heterocycles. The smallest absolute Gasteiger partial charge is 0.0555 e. The van der Waals surface area contributed by atoms with Crippen molar-refractivity contribution in [3.8, 4) is 0 Å². The first kappa shape index (κ1) is 13.9. The van der Waals surface area contributed by atoms with Gasteiger partial charge in [0.25, 0.3) is 0 Å².